The smallest absolute Gasteiger partial charge is 0.307 e. The number of nitrogens with two attached hydrogens (primary N) is 1. The van der Waals surface area contributed by atoms with E-state index >= 15 is 0 Å². The zero-order valence-electron chi connectivity index (χ0n) is 11.5. The highest BCUT2D eigenvalue weighted by Crippen LogP contribution is 2.23. The summed E-state index contributed by atoms with van der Waals surface area (Å²) >= 11 is 0. The lowest BCUT2D eigenvalue weighted by molar-refractivity contribution is -0.143. The Labute approximate surface area is 118 Å². The highest BCUT2D eigenvalue weighted by Gasteiger charge is 2.13. The summed E-state index contributed by atoms with van der Waals surface area (Å²) < 4.78 is 4.92. The van der Waals surface area contributed by atoms with Gasteiger partial charge in [0.25, 0.3) is 0 Å². The Hall–Kier alpha value is -2.20. The molecule has 0 aliphatic carbocycles. The molecule has 2 aromatic rings. The third-order valence-electron chi connectivity index (χ3n) is 3.00. The van der Waals surface area contributed by atoms with Gasteiger partial charge in [-0.15, -0.1) is 0 Å². The molecular formula is C16H18N2O2. The van der Waals surface area contributed by atoms with Gasteiger partial charge in [-0.2, -0.15) is 0 Å². The zero-order valence-corrected chi connectivity index (χ0v) is 11.5. The molecule has 104 valence electrons. The van der Waals surface area contributed by atoms with Crippen molar-refractivity contribution in [3.8, 4) is 11.1 Å². The van der Waals surface area contributed by atoms with Gasteiger partial charge in [0, 0.05) is 18.4 Å². The molecule has 0 saturated heterocycles. The van der Waals surface area contributed by atoms with E-state index in [4.69, 9.17) is 10.5 Å². The predicted octanol–water partition coefficient (Wildman–Crippen LogP) is 2.70. The Morgan fingerprint density at radius 3 is 2.80 bits per heavy atom. The van der Waals surface area contributed by atoms with Crippen LogP contribution in [0.4, 0.5) is 0 Å². The van der Waals surface area contributed by atoms with E-state index in [1.807, 2.05) is 36.4 Å². The molecule has 1 heterocycles. The van der Waals surface area contributed by atoms with Gasteiger partial charge in [0.05, 0.1) is 13.0 Å². The summed E-state index contributed by atoms with van der Waals surface area (Å²) in [5.41, 5.74) is 9.04. The van der Waals surface area contributed by atoms with Crippen LogP contribution >= 0.6 is 0 Å². The Balaban J connectivity index is 2.15. The fraction of sp³-hybridized carbons (Fsp3) is 0.250. The molecule has 0 aliphatic rings. The normalized spacial score (nSPS) is 11.9. The lowest BCUT2D eigenvalue weighted by Crippen LogP contribution is -2.17. The molecule has 4 heteroatoms. The topological polar surface area (TPSA) is 65.2 Å². The van der Waals surface area contributed by atoms with Crippen LogP contribution in [0.25, 0.3) is 11.1 Å². The maximum atomic E-state index is 11.5. The van der Waals surface area contributed by atoms with Crippen LogP contribution in [-0.4, -0.2) is 17.6 Å². The standard InChI is InChI=1S/C16H18N2O2/c1-2-20-16(19)10-15(17)13-6-3-5-12(9-13)14-7-4-8-18-11-14/h3-9,11,15H,2,10,17H2,1H3/t15-/m0/s1. The zero-order chi connectivity index (χ0) is 14.4. The maximum Gasteiger partial charge on any atom is 0.307 e. The molecule has 0 unspecified atom stereocenters. The highest BCUT2D eigenvalue weighted by molar-refractivity contribution is 5.71. The van der Waals surface area contributed by atoms with Gasteiger partial charge in [-0.05, 0) is 35.7 Å². The van der Waals surface area contributed by atoms with Gasteiger partial charge >= 0.3 is 5.97 Å². The molecule has 1 atom stereocenters. The third kappa shape index (κ3) is 3.65. The first-order valence-corrected chi connectivity index (χ1v) is 6.62. The van der Waals surface area contributed by atoms with Crippen molar-refractivity contribution in [1.29, 1.82) is 0 Å². The largest absolute Gasteiger partial charge is 0.466 e. The summed E-state index contributed by atoms with van der Waals surface area (Å²) in [5.74, 6) is -0.271. The maximum absolute atomic E-state index is 11.5. The Morgan fingerprint density at radius 1 is 1.30 bits per heavy atom. The van der Waals surface area contributed by atoms with E-state index in [2.05, 4.69) is 4.98 Å². The van der Waals surface area contributed by atoms with Crippen LogP contribution in [0.5, 0.6) is 0 Å². The highest BCUT2D eigenvalue weighted by atomic mass is 16.5. The molecule has 0 aliphatic heterocycles. The van der Waals surface area contributed by atoms with Crippen molar-refractivity contribution in [3.05, 3.63) is 54.4 Å². The Morgan fingerprint density at radius 2 is 2.10 bits per heavy atom. The van der Waals surface area contributed by atoms with E-state index in [0.717, 1.165) is 16.7 Å². The number of carbonyl (C=O) groups is 1. The van der Waals surface area contributed by atoms with E-state index in [1.54, 1.807) is 19.3 Å². The minimum absolute atomic E-state index is 0.185. The van der Waals surface area contributed by atoms with Crippen LogP contribution in [0.15, 0.2) is 48.8 Å². The summed E-state index contributed by atoms with van der Waals surface area (Å²) in [6, 6.07) is 11.4. The quantitative estimate of drug-likeness (QED) is 0.848. The van der Waals surface area contributed by atoms with Crippen molar-refractivity contribution >= 4 is 5.97 Å². The first-order valence-electron chi connectivity index (χ1n) is 6.62. The number of pyridine rings is 1. The molecule has 0 radical (unpaired) electrons. The second kappa shape index (κ2) is 6.82. The number of nitrogens with zero attached hydrogens (tertiary/aromatic N) is 1. The predicted molar refractivity (Wildman–Crippen MR) is 77.9 cm³/mol. The van der Waals surface area contributed by atoms with Crippen LogP contribution < -0.4 is 5.73 Å². The number of hydrogen-bond donors (Lipinski definition) is 1. The molecular weight excluding hydrogens is 252 g/mol. The number of rotatable bonds is 5. The van der Waals surface area contributed by atoms with E-state index in [1.165, 1.54) is 0 Å². The van der Waals surface area contributed by atoms with Crippen molar-refractivity contribution in [2.75, 3.05) is 6.61 Å². The molecule has 0 amide bonds. The lowest BCUT2D eigenvalue weighted by Gasteiger charge is -2.12. The minimum atomic E-state index is -0.356. The van der Waals surface area contributed by atoms with Gasteiger partial charge in [-0.25, -0.2) is 0 Å². The minimum Gasteiger partial charge on any atom is -0.466 e. The molecule has 1 aromatic heterocycles. The number of carbonyl (C=O) groups excluding carboxylic acids is 1. The van der Waals surface area contributed by atoms with Crippen molar-refractivity contribution in [3.63, 3.8) is 0 Å². The number of esters is 1. The number of benzene rings is 1. The van der Waals surface area contributed by atoms with Crippen molar-refractivity contribution in [2.24, 2.45) is 5.73 Å². The molecule has 1 aromatic carbocycles. The monoisotopic (exact) mass is 270 g/mol. The van der Waals surface area contributed by atoms with Gasteiger partial charge in [0.1, 0.15) is 0 Å². The molecule has 0 bridgehead atoms. The summed E-state index contributed by atoms with van der Waals surface area (Å²) in [4.78, 5) is 15.6. The van der Waals surface area contributed by atoms with Gasteiger partial charge < -0.3 is 10.5 Å². The van der Waals surface area contributed by atoms with Gasteiger partial charge in [0.2, 0.25) is 0 Å². The fourth-order valence-corrected chi connectivity index (χ4v) is 2.00. The summed E-state index contributed by atoms with van der Waals surface area (Å²) in [6.45, 7) is 2.16. The molecule has 0 saturated carbocycles. The van der Waals surface area contributed by atoms with Gasteiger partial charge in [-0.3, -0.25) is 9.78 Å². The first kappa shape index (κ1) is 14.2. The molecule has 2 rings (SSSR count). The van der Waals surface area contributed by atoms with Crippen LogP contribution in [0.3, 0.4) is 0 Å². The number of ether oxygens (including phenoxy) is 1. The van der Waals surface area contributed by atoms with Crippen LogP contribution in [0, 0.1) is 0 Å². The average Bonchev–Trinajstić information content (AvgIpc) is 2.48. The second-order valence-corrected chi connectivity index (χ2v) is 4.48. The first-order chi connectivity index (χ1) is 9.70. The molecule has 0 spiro atoms. The Bertz CT molecular complexity index is 570. The number of aromatic nitrogens is 1. The molecule has 4 nitrogen and oxygen atoms in total. The SMILES string of the molecule is CCOC(=O)C[C@H](N)c1cccc(-c2cccnc2)c1. The number of hydrogen-bond acceptors (Lipinski definition) is 4. The van der Waals surface area contributed by atoms with Crippen molar-refractivity contribution in [1.82, 2.24) is 4.98 Å². The van der Waals surface area contributed by atoms with Gasteiger partial charge in [0.15, 0.2) is 0 Å². The van der Waals surface area contributed by atoms with E-state index < -0.39 is 0 Å². The van der Waals surface area contributed by atoms with E-state index in [-0.39, 0.29) is 18.4 Å². The van der Waals surface area contributed by atoms with Gasteiger partial charge in [-0.1, -0.05) is 24.3 Å². The van der Waals surface area contributed by atoms with Crippen molar-refractivity contribution in [2.45, 2.75) is 19.4 Å². The van der Waals surface area contributed by atoms with E-state index in [0.29, 0.717) is 6.61 Å². The van der Waals surface area contributed by atoms with Crippen LogP contribution in [-0.2, 0) is 9.53 Å². The summed E-state index contributed by atoms with van der Waals surface area (Å²) in [6.07, 6.45) is 3.72. The van der Waals surface area contributed by atoms with E-state index in [9.17, 15) is 4.79 Å². The lowest BCUT2D eigenvalue weighted by atomic mass is 9.99. The summed E-state index contributed by atoms with van der Waals surface area (Å²) in [7, 11) is 0. The Kier molecular flexibility index (Phi) is 4.85. The molecule has 2 N–H and O–H groups in total. The second-order valence-electron chi connectivity index (χ2n) is 4.48. The van der Waals surface area contributed by atoms with Crippen molar-refractivity contribution < 1.29 is 9.53 Å². The molecule has 0 fully saturated rings. The summed E-state index contributed by atoms with van der Waals surface area (Å²) in [5, 5.41) is 0. The fourth-order valence-electron chi connectivity index (χ4n) is 2.00. The average molecular weight is 270 g/mol. The van der Waals surface area contributed by atoms with Crippen LogP contribution in [0.1, 0.15) is 24.9 Å². The third-order valence-corrected chi connectivity index (χ3v) is 3.00. The molecule has 20 heavy (non-hydrogen) atoms. The van der Waals surface area contributed by atoms with Crippen LogP contribution in [0.2, 0.25) is 0 Å².